The third kappa shape index (κ3) is 3.12. The van der Waals surface area contributed by atoms with E-state index in [2.05, 4.69) is 28.6 Å². The Labute approximate surface area is 152 Å². The first kappa shape index (κ1) is 17.2. The predicted molar refractivity (Wildman–Crippen MR) is 95.2 cm³/mol. The highest BCUT2D eigenvalue weighted by Crippen LogP contribution is 2.28. The summed E-state index contributed by atoms with van der Waals surface area (Å²) in [5.74, 6) is -0.743. The molecule has 0 aromatic heterocycles. The Morgan fingerprint density at radius 1 is 1.23 bits per heavy atom. The zero-order valence-electron chi connectivity index (χ0n) is 15.0. The van der Waals surface area contributed by atoms with Crippen LogP contribution >= 0.6 is 0 Å². The van der Waals surface area contributed by atoms with E-state index < -0.39 is 6.04 Å². The minimum atomic E-state index is -0.553. The molecule has 3 amide bonds. The molecule has 3 aliphatic rings. The summed E-state index contributed by atoms with van der Waals surface area (Å²) in [6.45, 7) is 3.35. The van der Waals surface area contributed by atoms with Gasteiger partial charge in [-0.3, -0.25) is 24.6 Å². The van der Waals surface area contributed by atoms with Crippen LogP contribution in [0, 0.1) is 0 Å². The normalized spacial score (nSPS) is 25.8. The summed E-state index contributed by atoms with van der Waals surface area (Å²) in [5.41, 5.74) is 2.81. The van der Waals surface area contributed by atoms with Crippen molar-refractivity contribution in [2.75, 3.05) is 20.1 Å². The van der Waals surface area contributed by atoms with E-state index >= 15 is 0 Å². The molecule has 2 fully saturated rings. The Morgan fingerprint density at radius 2 is 2.08 bits per heavy atom. The first-order valence-corrected chi connectivity index (χ1v) is 9.20. The molecule has 2 atom stereocenters. The second-order valence-electron chi connectivity index (χ2n) is 7.45. The van der Waals surface area contributed by atoms with Gasteiger partial charge in [-0.2, -0.15) is 0 Å². The third-order valence-corrected chi connectivity index (χ3v) is 5.68. The lowest BCUT2D eigenvalue weighted by atomic mass is 10.0. The highest BCUT2D eigenvalue weighted by molar-refractivity contribution is 6.05. The van der Waals surface area contributed by atoms with Crippen molar-refractivity contribution < 1.29 is 14.4 Å². The number of carbonyl (C=O) groups excluding carboxylic acids is 3. The summed E-state index contributed by atoms with van der Waals surface area (Å²) in [6.07, 6.45) is 1.83. The first-order valence-electron chi connectivity index (χ1n) is 9.20. The zero-order valence-corrected chi connectivity index (χ0v) is 15.0. The lowest BCUT2D eigenvalue weighted by Crippen LogP contribution is -2.52. The topological polar surface area (TPSA) is 81.8 Å². The molecule has 7 nitrogen and oxygen atoms in total. The minimum Gasteiger partial charge on any atom is -0.322 e. The fourth-order valence-electron chi connectivity index (χ4n) is 4.16. The monoisotopic (exact) mass is 356 g/mol. The lowest BCUT2D eigenvalue weighted by Gasteiger charge is -2.29. The van der Waals surface area contributed by atoms with Crippen LogP contribution < -0.4 is 10.6 Å². The van der Waals surface area contributed by atoms with Crippen LogP contribution in [0.5, 0.6) is 0 Å². The molecule has 2 N–H and O–H groups in total. The molecule has 0 spiro atoms. The van der Waals surface area contributed by atoms with Crippen LogP contribution in [-0.4, -0.2) is 59.7 Å². The number of rotatable bonds is 4. The maximum Gasteiger partial charge on any atom is 0.255 e. The molecule has 7 heteroatoms. The molecule has 1 unspecified atom stereocenters. The first-order chi connectivity index (χ1) is 12.5. The Balaban J connectivity index is 1.48. The quantitative estimate of drug-likeness (QED) is 0.756. The Morgan fingerprint density at radius 3 is 2.81 bits per heavy atom. The van der Waals surface area contributed by atoms with Gasteiger partial charge in [0.05, 0.1) is 0 Å². The van der Waals surface area contributed by atoms with E-state index in [4.69, 9.17) is 0 Å². The summed E-state index contributed by atoms with van der Waals surface area (Å²) >= 11 is 0. The van der Waals surface area contributed by atoms with Crippen LogP contribution in [0.4, 0.5) is 0 Å². The highest BCUT2D eigenvalue weighted by Gasteiger charge is 2.39. The molecule has 138 valence electrons. The molecule has 3 heterocycles. The third-order valence-electron chi connectivity index (χ3n) is 5.68. The summed E-state index contributed by atoms with van der Waals surface area (Å²) in [5, 5.41) is 5.72. The van der Waals surface area contributed by atoms with E-state index in [0.29, 0.717) is 24.6 Å². The SMILES string of the molecule is CN(Cc1ccc2c(c1)CN(C1CCC(=O)NC1=O)C2=O)[C@H]1CCNC1. The van der Waals surface area contributed by atoms with E-state index in [9.17, 15) is 14.4 Å². The Bertz CT molecular complexity index is 757. The molecule has 1 aromatic carbocycles. The highest BCUT2D eigenvalue weighted by atomic mass is 16.2. The molecule has 3 aliphatic heterocycles. The standard InChI is InChI=1S/C19H24N4O3/c1-22(14-6-7-20-9-14)10-12-2-3-15-13(8-12)11-23(19(15)26)16-4-5-17(24)21-18(16)25/h2-3,8,14,16,20H,4-7,9-11H2,1H3,(H,21,24,25)/t14-,16?/m0/s1. The minimum absolute atomic E-state index is 0.116. The average Bonchev–Trinajstić information content (AvgIpc) is 3.24. The number of nitrogens with zero attached hydrogens (tertiary/aromatic N) is 2. The van der Waals surface area contributed by atoms with E-state index in [1.807, 2.05) is 12.1 Å². The van der Waals surface area contributed by atoms with Crippen LogP contribution in [-0.2, 0) is 22.7 Å². The molecule has 0 bridgehead atoms. The van der Waals surface area contributed by atoms with Gasteiger partial charge in [0, 0.05) is 37.7 Å². The smallest absolute Gasteiger partial charge is 0.255 e. The average molecular weight is 356 g/mol. The molecular formula is C19H24N4O3. The van der Waals surface area contributed by atoms with Crippen molar-refractivity contribution in [3.63, 3.8) is 0 Å². The van der Waals surface area contributed by atoms with Crippen molar-refractivity contribution >= 4 is 17.7 Å². The van der Waals surface area contributed by atoms with Gasteiger partial charge in [-0.25, -0.2) is 0 Å². The maximum atomic E-state index is 12.7. The van der Waals surface area contributed by atoms with Gasteiger partial charge < -0.3 is 10.2 Å². The van der Waals surface area contributed by atoms with Crippen molar-refractivity contribution in [2.45, 2.75) is 44.4 Å². The number of piperidine rings is 1. The number of benzene rings is 1. The van der Waals surface area contributed by atoms with E-state index in [1.54, 1.807) is 4.90 Å². The molecular weight excluding hydrogens is 332 g/mol. The summed E-state index contributed by atoms with van der Waals surface area (Å²) in [6, 6.07) is 5.95. The van der Waals surface area contributed by atoms with Gasteiger partial charge in [0.15, 0.2) is 0 Å². The van der Waals surface area contributed by atoms with Crippen molar-refractivity contribution in [1.29, 1.82) is 0 Å². The van der Waals surface area contributed by atoms with Gasteiger partial charge in [-0.15, -0.1) is 0 Å². The largest absolute Gasteiger partial charge is 0.322 e. The summed E-state index contributed by atoms with van der Waals surface area (Å²) in [4.78, 5) is 40.1. The summed E-state index contributed by atoms with van der Waals surface area (Å²) in [7, 11) is 2.13. The Kier molecular flexibility index (Phi) is 4.50. The number of hydrogen-bond donors (Lipinski definition) is 2. The van der Waals surface area contributed by atoms with Crippen molar-refractivity contribution in [3.8, 4) is 0 Å². The molecule has 0 saturated carbocycles. The number of amides is 3. The number of nitrogens with one attached hydrogen (secondary N) is 2. The molecule has 4 rings (SSSR count). The number of carbonyl (C=O) groups is 3. The van der Waals surface area contributed by atoms with Crippen LogP contribution in [0.15, 0.2) is 18.2 Å². The molecule has 1 aromatic rings. The van der Waals surface area contributed by atoms with Crippen molar-refractivity contribution in [3.05, 3.63) is 34.9 Å². The van der Waals surface area contributed by atoms with Gasteiger partial charge >= 0.3 is 0 Å². The van der Waals surface area contributed by atoms with E-state index in [1.165, 1.54) is 5.56 Å². The zero-order chi connectivity index (χ0) is 18.3. The van der Waals surface area contributed by atoms with Crippen molar-refractivity contribution in [2.24, 2.45) is 0 Å². The van der Waals surface area contributed by atoms with Gasteiger partial charge in [-0.05, 0) is 43.6 Å². The number of fused-ring (bicyclic) bond motifs is 1. The van der Waals surface area contributed by atoms with Gasteiger partial charge in [0.25, 0.3) is 5.91 Å². The molecule has 2 saturated heterocycles. The maximum absolute atomic E-state index is 12.7. The van der Waals surface area contributed by atoms with E-state index in [0.717, 1.165) is 31.6 Å². The number of imide groups is 1. The number of likely N-dealkylation sites (N-methyl/N-ethyl adjacent to an activating group) is 1. The number of hydrogen-bond acceptors (Lipinski definition) is 5. The summed E-state index contributed by atoms with van der Waals surface area (Å²) < 4.78 is 0. The van der Waals surface area contributed by atoms with E-state index in [-0.39, 0.29) is 24.1 Å². The van der Waals surface area contributed by atoms with Gasteiger partial charge in [0.1, 0.15) is 6.04 Å². The second kappa shape index (κ2) is 6.81. The Hall–Kier alpha value is -2.25. The van der Waals surface area contributed by atoms with Crippen molar-refractivity contribution in [1.82, 2.24) is 20.4 Å². The lowest BCUT2D eigenvalue weighted by molar-refractivity contribution is -0.136. The molecule has 0 aliphatic carbocycles. The van der Waals surface area contributed by atoms with Crippen LogP contribution in [0.1, 0.15) is 40.7 Å². The van der Waals surface area contributed by atoms with Crippen LogP contribution in [0.3, 0.4) is 0 Å². The fraction of sp³-hybridized carbons (Fsp3) is 0.526. The van der Waals surface area contributed by atoms with Crippen LogP contribution in [0.25, 0.3) is 0 Å². The molecule has 0 radical (unpaired) electrons. The second-order valence-corrected chi connectivity index (χ2v) is 7.45. The predicted octanol–water partition coefficient (Wildman–Crippen LogP) is 0.241. The van der Waals surface area contributed by atoms with Gasteiger partial charge in [0.2, 0.25) is 11.8 Å². The van der Waals surface area contributed by atoms with Crippen LogP contribution in [0.2, 0.25) is 0 Å². The van der Waals surface area contributed by atoms with Gasteiger partial charge in [-0.1, -0.05) is 12.1 Å². The fourth-order valence-corrected chi connectivity index (χ4v) is 4.16. The molecule has 26 heavy (non-hydrogen) atoms.